The van der Waals surface area contributed by atoms with Gasteiger partial charge in [0.2, 0.25) is 0 Å². The maximum absolute atomic E-state index is 9.45. The molecule has 0 aliphatic heterocycles. The lowest BCUT2D eigenvalue weighted by atomic mass is 10.1. The fourth-order valence-electron chi connectivity index (χ4n) is 1.29. The molecule has 2 aromatic carbocycles. The summed E-state index contributed by atoms with van der Waals surface area (Å²) in [6.07, 6.45) is 2.76. The van der Waals surface area contributed by atoms with Crippen LogP contribution in [0.3, 0.4) is 0 Å². The lowest BCUT2D eigenvalue weighted by Gasteiger charge is -1.98. The Morgan fingerprint density at radius 2 is 1.24 bits per heavy atom. The van der Waals surface area contributed by atoms with Gasteiger partial charge in [0.15, 0.2) is 0 Å². The van der Waals surface area contributed by atoms with Gasteiger partial charge in [-0.15, -0.1) is 0 Å². The molecule has 0 fully saturated rings. The third kappa shape index (κ3) is 3.01. The van der Waals surface area contributed by atoms with E-state index in [1.165, 1.54) is 24.3 Å². The van der Waals surface area contributed by atoms with Gasteiger partial charge in [-0.2, -0.15) is 0 Å². The highest BCUT2D eigenvalue weighted by atomic mass is 16.3. The maximum Gasteiger partial charge on any atom is 0.119 e. The third-order valence-corrected chi connectivity index (χ3v) is 2.00. The standard InChI is InChI=1S/C14H12O3/c15-12-5-3-10(4-6-12)1-2-11-7-13(16)9-14(17)8-11/h1-9,15-17H/i3D,4D,5D,6D. The van der Waals surface area contributed by atoms with E-state index in [0.717, 1.165) is 6.07 Å². The smallest absolute Gasteiger partial charge is 0.119 e. The molecular weight excluding hydrogens is 216 g/mol. The van der Waals surface area contributed by atoms with E-state index in [0.29, 0.717) is 5.56 Å². The Bertz CT molecular complexity index is 692. The molecule has 0 unspecified atom stereocenters. The lowest BCUT2D eigenvalue weighted by Crippen LogP contribution is -1.74. The van der Waals surface area contributed by atoms with Gasteiger partial charge >= 0.3 is 0 Å². The van der Waals surface area contributed by atoms with Crippen molar-refractivity contribution >= 4 is 12.2 Å². The Morgan fingerprint density at radius 3 is 1.82 bits per heavy atom. The SMILES string of the molecule is [2H]c1c([2H])c(C=Cc2cc(O)cc(O)c2)c([2H])c([2H])c1O. The largest absolute Gasteiger partial charge is 0.508 e. The Kier molecular flexibility index (Phi) is 1.90. The highest BCUT2D eigenvalue weighted by Gasteiger charge is 1.95. The molecule has 0 aliphatic carbocycles. The fraction of sp³-hybridized carbons (Fsp3) is 0. The predicted molar refractivity (Wildman–Crippen MR) is 66.8 cm³/mol. The Labute approximate surface area is 105 Å². The minimum atomic E-state index is -0.697. The first kappa shape index (κ1) is 7.01. The first-order chi connectivity index (χ1) is 9.81. The van der Waals surface area contributed by atoms with Crippen molar-refractivity contribution in [1.29, 1.82) is 0 Å². The zero-order valence-electron chi connectivity index (χ0n) is 12.7. The van der Waals surface area contributed by atoms with Crippen LogP contribution in [0.15, 0.2) is 42.4 Å². The molecule has 0 saturated heterocycles. The van der Waals surface area contributed by atoms with Crippen LogP contribution in [0.5, 0.6) is 17.2 Å². The van der Waals surface area contributed by atoms with E-state index in [4.69, 9.17) is 5.48 Å². The number of benzene rings is 2. The highest BCUT2D eigenvalue weighted by molar-refractivity contribution is 5.71. The number of hydrogen-bond acceptors (Lipinski definition) is 3. The van der Waals surface area contributed by atoms with E-state index < -0.39 is 17.8 Å². The molecule has 0 radical (unpaired) electrons. The van der Waals surface area contributed by atoms with Crippen molar-refractivity contribution < 1.29 is 20.8 Å². The van der Waals surface area contributed by atoms with Gasteiger partial charge in [0, 0.05) is 6.07 Å². The topological polar surface area (TPSA) is 60.7 Å². The van der Waals surface area contributed by atoms with Gasteiger partial charge in [0.05, 0.1) is 5.48 Å². The summed E-state index contributed by atoms with van der Waals surface area (Å²) in [7, 11) is 0. The monoisotopic (exact) mass is 232 g/mol. The molecule has 0 aliphatic rings. The Morgan fingerprint density at radius 1 is 0.706 bits per heavy atom. The molecule has 2 aromatic rings. The molecule has 0 heterocycles. The van der Waals surface area contributed by atoms with Crippen LogP contribution in [0, 0.1) is 0 Å². The summed E-state index contributed by atoms with van der Waals surface area (Å²) >= 11 is 0. The van der Waals surface area contributed by atoms with Crippen molar-refractivity contribution in [3.8, 4) is 17.2 Å². The van der Waals surface area contributed by atoms with Crippen LogP contribution < -0.4 is 0 Å². The molecule has 3 heteroatoms. The van der Waals surface area contributed by atoms with E-state index in [-0.39, 0.29) is 29.1 Å². The van der Waals surface area contributed by atoms with E-state index >= 15 is 0 Å². The summed E-state index contributed by atoms with van der Waals surface area (Å²) in [5.41, 5.74) is 0.433. The molecule has 0 spiro atoms. The molecule has 0 bridgehead atoms. The lowest BCUT2D eigenvalue weighted by molar-refractivity contribution is 0.450. The molecule has 2 rings (SSSR count). The normalized spacial score (nSPS) is 14.1. The Hall–Kier alpha value is -2.42. The number of phenols is 3. The zero-order valence-corrected chi connectivity index (χ0v) is 8.73. The van der Waals surface area contributed by atoms with Crippen molar-refractivity contribution in [3.05, 3.63) is 53.5 Å². The summed E-state index contributed by atoms with van der Waals surface area (Å²) in [4.78, 5) is 0. The van der Waals surface area contributed by atoms with Crippen molar-refractivity contribution in [3.63, 3.8) is 0 Å². The van der Waals surface area contributed by atoms with E-state index in [1.54, 1.807) is 0 Å². The van der Waals surface area contributed by atoms with Gasteiger partial charge in [-0.05, 0) is 35.3 Å². The maximum atomic E-state index is 9.45. The third-order valence-electron chi connectivity index (χ3n) is 2.00. The van der Waals surface area contributed by atoms with Crippen molar-refractivity contribution in [2.45, 2.75) is 0 Å². The van der Waals surface area contributed by atoms with Crippen molar-refractivity contribution in [2.75, 3.05) is 0 Å². The van der Waals surface area contributed by atoms with Crippen LogP contribution in [0.25, 0.3) is 12.2 Å². The van der Waals surface area contributed by atoms with Crippen LogP contribution >= 0.6 is 0 Å². The van der Waals surface area contributed by atoms with E-state index in [1.807, 2.05) is 0 Å². The average molecular weight is 232 g/mol. The second kappa shape index (κ2) is 4.61. The average Bonchev–Trinajstić information content (AvgIpc) is 2.42. The summed E-state index contributed by atoms with van der Waals surface area (Å²) in [5.74, 6) is -0.975. The first-order valence-corrected chi connectivity index (χ1v) is 4.81. The molecule has 0 amide bonds. The summed E-state index contributed by atoms with van der Waals surface area (Å²) in [5, 5.41) is 28.2. The van der Waals surface area contributed by atoms with Crippen LogP contribution in [0.4, 0.5) is 0 Å². The summed E-state index contributed by atoms with van der Waals surface area (Å²) in [6.45, 7) is 0. The molecule has 0 atom stereocenters. The number of rotatable bonds is 2. The van der Waals surface area contributed by atoms with E-state index in [2.05, 4.69) is 0 Å². The molecule has 0 aromatic heterocycles. The quantitative estimate of drug-likeness (QED) is 0.697. The molecule has 17 heavy (non-hydrogen) atoms. The van der Waals surface area contributed by atoms with Gasteiger partial charge in [0.25, 0.3) is 0 Å². The fourth-order valence-corrected chi connectivity index (χ4v) is 1.29. The van der Waals surface area contributed by atoms with Crippen molar-refractivity contribution in [1.82, 2.24) is 0 Å². The van der Waals surface area contributed by atoms with Crippen LogP contribution in [-0.2, 0) is 0 Å². The van der Waals surface area contributed by atoms with Crippen LogP contribution in [0.2, 0.25) is 0 Å². The Balaban J connectivity index is 2.51. The first-order valence-electron chi connectivity index (χ1n) is 6.81. The second-order valence-corrected chi connectivity index (χ2v) is 3.38. The highest BCUT2D eigenvalue weighted by Crippen LogP contribution is 2.22. The van der Waals surface area contributed by atoms with Crippen LogP contribution in [0.1, 0.15) is 16.6 Å². The molecular formula is C14H12O3. The van der Waals surface area contributed by atoms with E-state index in [9.17, 15) is 15.3 Å². The molecule has 0 saturated carbocycles. The van der Waals surface area contributed by atoms with Gasteiger partial charge in [0.1, 0.15) is 17.2 Å². The van der Waals surface area contributed by atoms with Gasteiger partial charge in [-0.1, -0.05) is 24.2 Å². The van der Waals surface area contributed by atoms with Crippen molar-refractivity contribution in [2.24, 2.45) is 0 Å². The zero-order chi connectivity index (χ0) is 15.7. The number of aromatic hydroxyl groups is 3. The second-order valence-electron chi connectivity index (χ2n) is 3.38. The minimum absolute atomic E-state index is 0.00522. The van der Waals surface area contributed by atoms with Gasteiger partial charge in [-0.25, -0.2) is 0 Å². The molecule has 86 valence electrons. The van der Waals surface area contributed by atoms with Gasteiger partial charge in [-0.3, -0.25) is 0 Å². The summed E-state index contributed by atoms with van der Waals surface area (Å²) < 4.78 is 30.5. The molecule has 3 nitrogen and oxygen atoms in total. The molecule has 3 N–H and O–H groups in total. The number of phenolic OH excluding ortho intramolecular Hbond substituents is 3. The summed E-state index contributed by atoms with van der Waals surface area (Å²) in [6, 6.07) is 2.13. The minimum Gasteiger partial charge on any atom is -0.508 e. The van der Waals surface area contributed by atoms with Crippen LogP contribution in [-0.4, -0.2) is 15.3 Å². The predicted octanol–water partition coefficient (Wildman–Crippen LogP) is 2.97. The van der Waals surface area contributed by atoms with Gasteiger partial charge < -0.3 is 15.3 Å². The number of hydrogen-bond donors (Lipinski definition) is 3.